The van der Waals surface area contributed by atoms with Crippen LogP contribution in [-0.4, -0.2) is 4.98 Å². The summed E-state index contributed by atoms with van der Waals surface area (Å²) >= 11 is 0. The van der Waals surface area contributed by atoms with Crippen molar-refractivity contribution in [2.24, 2.45) is 5.92 Å². The van der Waals surface area contributed by atoms with Crippen molar-refractivity contribution in [3.63, 3.8) is 0 Å². The van der Waals surface area contributed by atoms with Crippen molar-refractivity contribution in [3.05, 3.63) is 151 Å². The molecule has 3 aromatic rings. The van der Waals surface area contributed by atoms with E-state index in [0.717, 1.165) is 50.5 Å². The van der Waals surface area contributed by atoms with Gasteiger partial charge in [0.25, 0.3) is 0 Å². The van der Waals surface area contributed by atoms with Crippen LogP contribution in [0, 0.1) is 18.7 Å². The Balaban J connectivity index is 1.44. The van der Waals surface area contributed by atoms with Crippen molar-refractivity contribution < 1.29 is 4.39 Å². The summed E-state index contributed by atoms with van der Waals surface area (Å²) in [5.74, 6) is 0.351. The van der Waals surface area contributed by atoms with Gasteiger partial charge in [0.2, 0.25) is 0 Å². The summed E-state index contributed by atoms with van der Waals surface area (Å²) in [6.07, 6.45) is 12.3. The number of allylic oxidation sites excluding steroid dienone is 6. The van der Waals surface area contributed by atoms with E-state index in [9.17, 15) is 4.39 Å². The van der Waals surface area contributed by atoms with Crippen LogP contribution < -0.4 is 10.6 Å². The van der Waals surface area contributed by atoms with Gasteiger partial charge in [0, 0.05) is 28.9 Å². The largest absolute Gasteiger partial charge is 0.358 e. The van der Waals surface area contributed by atoms with Crippen molar-refractivity contribution in [2.45, 2.75) is 33.1 Å². The van der Waals surface area contributed by atoms with Crippen LogP contribution in [0.15, 0.2) is 128 Å². The highest BCUT2D eigenvalue weighted by Gasteiger charge is 2.24. The van der Waals surface area contributed by atoms with E-state index >= 15 is 0 Å². The van der Waals surface area contributed by atoms with Crippen LogP contribution in [0.5, 0.6) is 0 Å². The van der Waals surface area contributed by atoms with Crippen LogP contribution in [0.2, 0.25) is 0 Å². The number of halogens is 1. The number of benzene rings is 2. The molecule has 1 heterocycles. The van der Waals surface area contributed by atoms with Gasteiger partial charge in [-0.25, -0.2) is 4.39 Å². The van der Waals surface area contributed by atoms with E-state index in [-0.39, 0.29) is 5.82 Å². The van der Waals surface area contributed by atoms with Gasteiger partial charge in [-0.3, -0.25) is 4.98 Å². The molecule has 39 heavy (non-hydrogen) atoms. The number of pyridine rings is 1. The number of aromatic nitrogens is 1. The molecule has 1 fully saturated rings. The van der Waals surface area contributed by atoms with Gasteiger partial charge in [-0.1, -0.05) is 74.4 Å². The Labute approximate surface area is 231 Å². The van der Waals surface area contributed by atoms with E-state index < -0.39 is 0 Å². The summed E-state index contributed by atoms with van der Waals surface area (Å²) in [6.45, 7) is 20.8. The first-order valence-corrected chi connectivity index (χ1v) is 13.2. The van der Waals surface area contributed by atoms with Gasteiger partial charge in [0.1, 0.15) is 5.82 Å². The van der Waals surface area contributed by atoms with Crippen LogP contribution in [0.25, 0.3) is 16.7 Å². The molecule has 198 valence electrons. The maximum atomic E-state index is 14.0. The smallest absolute Gasteiger partial charge is 0.126 e. The standard InChI is InChI=1S/C35H36FN3/c1-7-32(17-12-23(2)18-30-10-8-9-11-35(30)36)38-26(5)25(4)34-20-29(14-13-24(34)3)31-19-33(22-37-21-31)39-27(6)28-15-16-28/h7-14,17,19-22,28,38-39H,2,4-6,15-16,18H2,1,3H3/b17-12-,32-7+. The molecule has 0 aliphatic heterocycles. The minimum Gasteiger partial charge on any atom is -0.358 e. The number of rotatable bonds is 12. The lowest BCUT2D eigenvalue weighted by atomic mass is 9.95. The predicted molar refractivity (Wildman–Crippen MR) is 163 cm³/mol. The maximum absolute atomic E-state index is 14.0. The summed E-state index contributed by atoms with van der Waals surface area (Å²) in [6, 6.07) is 15.2. The fourth-order valence-corrected chi connectivity index (χ4v) is 4.29. The zero-order valence-electron chi connectivity index (χ0n) is 22.9. The topological polar surface area (TPSA) is 37.0 Å². The van der Waals surface area contributed by atoms with Gasteiger partial charge >= 0.3 is 0 Å². The number of nitrogens with zero attached hydrogens (tertiary/aromatic N) is 1. The van der Waals surface area contributed by atoms with Crippen LogP contribution in [0.3, 0.4) is 0 Å². The Hall–Kier alpha value is -4.44. The van der Waals surface area contributed by atoms with Crippen molar-refractivity contribution in [3.8, 4) is 11.1 Å². The van der Waals surface area contributed by atoms with E-state index in [4.69, 9.17) is 0 Å². The molecular formula is C35H36FN3. The Bertz CT molecular complexity index is 1490. The first-order valence-electron chi connectivity index (χ1n) is 13.2. The third kappa shape index (κ3) is 7.32. The highest BCUT2D eigenvalue weighted by molar-refractivity contribution is 5.81. The summed E-state index contributed by atoms with van der Waals surface area (Å²) in [5, 5.41) is 6.77. The van der Waals surface area contributed by atoms with Crippen molar-refractivity contribution in [1.29, 1.82) is 0 Å². The van der Waals surface area contributed by atoms with Crippen molar-refractivity contribution in [1.82, 2.24) is 10.3 Å². The maximum Gasteiger partial charge on any atom is 0.126 e. The molecule has 0 unspecified atom stereocenters. The molecule has 0 spiro atoms. The monoisotopic (exact) mass is 517 g/mol. The molecule has 0 radical (unpaired) electrons. The lowest BCUT2D eigenvalue weighted by Crippen LogP contribution is -2.12. The average Bonchev–Trinajstić information content (AvgIpc) is 3.78. The fourth-order valence-electron chi connectivity index (χ4n) is 4.29. The van der Waals surface area contributed by atoms with E-state index in [1.54, 1.807) is 12.1 Å². The minimum atomic E-state index is -0.221. The first-order chi connectivity index (χ1) is 18.7. The zero-order valence-corrected chi connectivity index (χ0v) is 22.9. The Morgan fingerprint density at radius 1 is 1.00 bits per heavy atom. The zero-order chi connectivity index (χ0) is 27.9. The quantitative estimate of drug-likeness (QED) is 0.236. The van der Waals surface area contributed by atoms with Gasteiger partial charge in [0.05, 0.1) is 11.9 Å². The first kappa shape index (κ1) is 27.6. The van der Waals surface area contributed by atoms with Crippen LogP contribution in [0.4, 0.5) is 10.1 Å². The number of nitrogens with one attached hydrogen (secondary N) is 2. The van der Waals surface area contributed by atoms with Crippen molar-refractivity contribution in [2.75, 3.05) is 5.32 Å². The summed E-state index contributed by atoms with van der Waals surface area (Å²) in [4.78, 5) is 4.44. The molecule has 2 N–H and O–H groups in total. The molecule has 1 saturated carbocycles. The van der Waals surface area contributed by atoms with Crippen LogP contribution in [0.1, 0.15) is 36.5 Å². The van der Waals surface area contributed by atoms with E-state index in [1.165, 1.54) is 18.9 Å². The SMILES string of the molecule is C=C(/C=C\C(=C/C)NC(=C)C(=C)c1cc(-c2cncc(NC(=C)C3CC3)c2)ccc1C)Cc1ccccc1F. The Kier molecular flexibility index (Phi) is 8.77. The van der Waals surface area contributed by atoms with Gasteiger partial charge in [-0.15, -0.1) is 0 Å². The highest BCUT2D eigenvalue weighted by atomic mass is 19.1. The minimum absolute atomic E-state index is 0.221. The molecular weight excluding hydrogens is 481 g/mol. The summed E-state index contributed by atoms with van der Waals surface area (Å²) < 4.78 is 14.0. The molecule has 1 aliphatic rings. The van der Waals surface area contributed by atoms with E-state index in [0.29, 0.717) is 23.6 Å². The average molecular weight is 518 g/mol. The van der Waals surface area contributed by atoms with Gasteiger partial charge in [0.15, 0.2) is 0 Å². The second-order valence-corrected chi connectivity index (χ2v) is 10.0. The van der Waals surface area contributed by atoms with Crippen molar-refractivity contribution >= 4 is 11.3 Å². The van der Waals surface area contributed by atoms with Gasteiger partial charge in [-0.05, 0) is 91.1 Å². The predicted octanol–water partition coefficient (Wildman–Crippen LogP) is 8.91. The summed E-state index contributed by atoms with van der Waals surface area (Å²) in [7, 11) is 0. The normalized spacial score (nSPS) is 13.3. The van der Waals surface area contributed by atoms with Crippen LogP contribution in [-0.2, 0) is 6.42 Å². The number of anilines is 1. The van der Waals surface area contributed by atoms with Gasteiger partial charge < -0.3 is 10.6 Å². The third-order valence-electron chi connectivity index (χ3n) is 6.85. The molecule has 4 heteroatoms. The molecule has 0 amide bonds. The van der Waals surface area contributed by atoms with E-state index in [1.807, 2.05) is 43.6 Å². The van der Waals surface area contributed by atoms with Crippen LogP contribution >= 0.6 is 0 Å². The lowest BCUT2D eigenvalue weighted by Gasteiger charge is -2.17. The number of aryl methyl sites for hydroxylation is 1. The fraction of sp³-hybridized carbons (Fsp3) is 0.171. The number of hydrogen-bond donors (Lipinski definition) is 2. The summed E-state index contributed by atoms with van der Waals surface area (Å²) in [5.41, 5.74) is 9.95. The molecule has 0 bridgehead atoms. The molecule has 2 aromatic carbocycles. The molecule has 0 atom stereocenters. The number of hydrogen-bond acceptors (Lipinski definition) is 3. The van der Waals surface area contributed by atoms with Gasteiger partial charge in [-0.2, -0.15) is 0 Å². The van der Waals surface area contributed by atoms with E-state index in [2.05, 4.69) is 73.1 Å². The third-order valence-corrected chi connectivity index (χ3v) is 6.85. The Morgan fingerprint density at radius 2 is 1.77 bits per heavy atom. The molecule has 3 nitrogen and oxygen atoms in total. The molecule has 1 aromatic heterocycles. The lowest BCUT2D eigenvalue weighted by molar-refractivity contribution is 0.614. The molecule has 0 saturated heterocycles. The second kappa shape index (κ2) is 12.4. The highest BCUT2D eigenvalue weighted by Crippen LogP contribution is 2.36. The molecule has 4 rings (SSSR count). The second-order valence-electron chi connectivity index (χ2n) is 10.0. The Morgan fingerprint density at radius 3 is 2.49 bits per heavy atom. The molecule has 1 aliphatic carbocycles.